The Hall–Kier alpha value is -2.84. The van der Waals surface area contributed by atoms with Crippen LogP contribution in [-0.4, -0.2) is 57.8 Å². The van der Waals surface area contributed by atoms with Gasteiger partial charge in [-0.2, -0.15) is 4.98 Å². The quantitative estimate of drug-likeness (QED) is 0.487. The molecule has 0 unspecified atom stereocenters. The van der Waals surface area contributed by atoms with Crippen LogP contribution in [0, 0.1) is 6.92 Å². The van der Waals surface area contributed by atoms with Crippen LogP contribution in [0.3, 0.4) is 0 Å². The molecular weight excluding hydrogens is 376 g/mol. The van der Waals surface area contributed by atoms with E-state index in [2.05, 4.69) is 15.0 Å². The predicted molar refractivity (Wildman–Crippen MR) is 105 cm³/mol. The minimum atomic E-state index is -0.453. The zero-order chi connectivity index (χ0) is 19.5. The third kappa shape index (κ3) is 4.02. The van der Waals surface area contributed by atoms with Gasteiger partial charge in [-0.05, 0) is 18.4 Å². The molecule has 3 aromatic rings. The number of nitrogens with zero attached hydrogens (tertiary/aromatic N) is 4. The fourth-order valence-electron chi connectivity index (χ4n) is 3.10. The summed E-state index contributed by atoms with van der Waals surface area (Å²) in [5.74, 6) is 0.258. The van der Waals surface area contributed by atoms with Crippen molar-refractivity contribution in [2.24, 2.45) is 0 Å². The van der Waals surface area contributed by atoms with E-state index in [0.717, 1.165) is 10.4 Å². The highest BCUT2D eigenvalue weighted by Crippen LogP contribution is 2.21. The summed E-state index contributed by atoms with van der Waals surface area (Å²) in [6.07, 6.45) is 0. The van der Waals surface area contributed by atoms with E-state index in [1.165, 1.54) is 0 Å². The fourth-order valence-corrected chi connectivity index (χ4v) is 3.75. The maximum atomic E-state index is 12.5. The zero-order valence-corrected chi connectivity index (χ0v) is 16.3. The van der Waals surface area contributed by atoms with Crippen LogP contribution in [-0.2, 0) is 11.3 Å². The van der Waals surface area contributed by atoms with Crippen molar-refractivity contribution in [2.45, 2.75) is 13.5 Å². The lowest BCUT2D eigenvalue weighted by Gasteiger charge is -2.33. The first-order chi connectivity index (χ1) is 13.6. The van der Waals surface area contributed by atoms with E-state index in [9.17, 15) is 9.59 Å². The molecule has 28 heavy (non-hydrogen) atoms. The van der Waals surface area contributed by atoms with E-state index in [4.69, 9.17) is 4.52 Å². The minimum absolute atomic E-state index is 0.435. The first-order valence-electron chi connectivity index (χ1n) is 9.09. The molecule has 0 bridgehead atoms. The lowest BCUT2D eigenvalue weighted by atomic mass is 10.1. The summed E-state index contributed by atoms with van der Waals surface area (Å²) in [6.45, 7) is 4.80. The number of ketones is 1. The number of aryl methyl sites for hydroxylation is 1. The van der Waals surface area contributed by atoms with Crippen molar-refractivity contribution in [2.75, 3.05) is 26.2 Å². The first-order valence-corrected chi connectivity index (χ1v) is 9.97. The van der Waals surface area contributed by atoms with Gasteiger partial charge >= 0.3 is 0 Å². The Kier molecular flexibility index (Phi) is 5.31. The van der Waals surface area contributed by atoms with Gasteiger partial charge in [0.05, 0.1) is 11.4 Å². The number of aromatic nitrogens is 2. The van der Waals surface area contributed by atoms with Crippen molar-refractivity contribution in [3.8, 4) is 10.7 Å². The van der Waals surface area contributed by atoms with E-state index in [-0.39, 0.29) is 0 Å². The van der Waals surface area contributed by atoms with Gasteiger partial charge < -0.3 is 9.42 Å². The van der Waals surface area contributed by atoms with Crippen molar-refractivity contribution in [3.63, 3.8) is 0 Å². The molecule has 1 saturated heterocycles. The Morgan fingerprint density at radius 3 is 2.54 bits per heavy atom. The van der Waals surface area contributed by atoms with Gasteiger partial charge in [-0.15, -0.1) is 11.3 Å². The maximum Gasteiger partial charge on any atom is 0.295 e. The number of benzene rings is 1. The van der Waals surface area contributed by atoms with Crippen molar-refractivity contribution in [1.82, 2.24) is 19.9 Å². The average Bonchev–Trinajstić information content (AvgIpc) is 3.40. The Morgan fingerprint density at radius 2 is 1.86 bits per heavy atom. The van der Waals surface area contributed by atoms with Crippen LogP contribution in [0.15, 0.2) is 46.3 Å². The molecule has 0 aliphatic carbocycles. The Balaban J connectivity index is 1.31. The molecule has 1 aliphatic rings. The summed E-state index contributed by atoms with van der Waals surface area (Å²) >= 11 is 1.57. The van der Waals surface area contributed by atoms with E-state index < -0.39 is 11.7 Å². The van der Waals surface area contributed by atoms with E-state index in [1.54, 1.807) is 28.4 Å². The van der Waals surface area contributed by atoms with Crippen LogP contribution in [0.5, 0.6) is 0 Å². The van der Waals surface area contributed by atoms with Gasteiger partial charge in [-0.3, -0.25) is 14.5 Å². The molecule has 0 saturated carbocycles. The predicted octanol–water partition coefficient (Wildman–Crippen LogP) is 2.63. The normalized spacial score (nSPS) is 15.0. The molecule has 0 N–H and O–H groups in total. The number of hydrogen-bond acceptors (Lipinski definition) is 7. The molecular formula is C20H20N4O3S. The number of carbonyl (C=O) groups is 2. The van der Waals surface area contributed by atoms with Gasteiger partial charge in [0.15, 0.2) is 0 Å². The number of Topliss-reactive ketones (excluding diaryl/α,β-unsaturated/α-hetero) is 1. The molecule has 1 aromatic carbocycles. The molecule has 0 atom stereocenters. The van der Waals surface area contributed by atoms with Crippen molar-refractivity contribution >= 4 is 23.0 Å². The minimum Gasteiger partial charge on any atom is -0.338 e. The molecule has 2 aromatic heterocycles. The number of thiophene rings is 1. The summed E-state index contributed by atoms with van der Waals surface area (Å²) < 4.78 is 5.34. The van der Waals surface area contributed by atoms with Crippen LogP contribution in [0.4, 0.5) is 0 Å². The fraction of sp³-hybridized carbons (Fsp3) is 0.300. The highest BCUT2D eigenvalue weighted by molar-refractivity contribution is 7.13. The number of carbonyl (C=O) groups excluding carboxylic acids is 2. The lowest BCUT2D eigenvalue weighted by molar-refractivity contribution is -0.128. The van der Waals surface area contributed by atoms with Crippen LogP contribution >= 0.6 is 11.3 Å². The van der Waals surface area contributed by atoms with Crippen LogP contribution in [0.1, 0.15) is 21.8 Å². The second kappa shape index (κ2) is 8.04. The summed E-state index contributed by atoms with van der Waals surface area (Å²) in [6, 6.07) is 11.0. The largest absolute Gasteiger partial charge is 0.338 e. The summed E-state index contributed by atoms with van der Waals surface area (Å²) in [5.41, 5.74) is 1.49. The number of amides is 1. The van der Waals surface area contributed by atoms with Crippen LogP contribution in [0.25, 0.3) is 10.7 Å². The molecule has 7 nitrogen and oxygen atoms in total. The van der Waals surface area contributed by atoms with Crippen molar-refractivity contribution in [3.05, 3.63) is 58.8 Å². The van der Waals surface area contributed by atoms with Gasteiger partial charge in [-0.1, -0.05) is 41.1 Å². The smallest absolute Gasteiger partial charge is 0.295 e. The number of hydrogen-bond donors (Lipinski definition) is 0. The molecule has 4 rings (SSSR count). The third-order valence-electron chi connectivity index (χ3n) is 4.74. The second-order valence-electron chi connectivity index (χ2n) is 6.75. The monoisotopic (exact) mass is 396 g/mol. The molecule has 1 aliphatic heterocycles. The Labute approximate surface area is 166 Å². The molecule has 1 fully saturated rings. The molecule has 0 radical (unpaired) electrons. The summed E-state index contributed by atoms with van der Waals surface area (Å²) in [5, 5.41) is 5.99. The Morgan fingerprint density at radius 1 is 1.11 bits per heavy atom. The maximum absolute atomic E-state index is 12.5. The van der Waals surface area contributed by atoms with Gasteiger partial charge in [0.2, 0.25) is 17.5 Å². The van der Waals surface area contributed by atoms with Crippen molar-refractivity contribution < 1.29 is 14.1 Å². The van der Waals surface area contributed by atoms with Gasteiger partial charge in [0.1, 0.15) is 0 Å². The topological polar surface area (TPSA) is 79.5 Å². The molecule has 0 spiro atoms. The highest BCUT2D eigenvalue weighted by Gasteiger charge is 2.27. The highest BCUT2D eigenvalue weighted by atomic mass is 32.1. The molecule has 8 heteroatoms. The lowest BCUT2D eigenvalue weighted by Crippen LogP contribution is -2.50. The first kappa shape index (κ1) is 18.5. The van der Waals surface area contributed by atoms with Crippen LogP contribution in [0.2, 0.25) is 0 Å². The van der Waals surface area contributed by atoms with Gasteiger partial charge in [0.25, 0.3) is 5.91 Å². The third-order valence-corrected chi connectivity index (χ3v) is 5.60. The summed E-state index contributed by atoms with van der Waals surface area (Å²) in [7, 11) is 0. The van der Waals surface area contributed by atoms with E-state index in [1.807, 2.05) is 36.6 Å². The molecule has 1 amide bonds. The number of piperazine rings is 1. The van der Waals surface area contributed by atoms with Crippen LogP contribution < -0.4 is 0 Å². The van der Waals surface area contributed by atoms with Crippen molar-refractivity contribution in [1.29, 1.82) is 0 Å². The SMILES string of the molecule is Cc1ccc(C(=O)C(=O)N2CCN(Cc3nc(-c4cccs4)no3)CC2)cc1. The summed E-state index contributed by atoms with van der Waals surface area (Å²) in [4.78, 5) is 34.1. The molecule has 144 valence electrons. The standard InChI is InChI=1S/C20H20N4O3S/c1-14-4-6-15(7-5-14)18(25)20(26)24-10-8-23(9-11-24)13-17-21-19(22-27-17)16-3-2-12-28-16/h2-7,12H,8-11,13H2,1H3. The second-order valence-corrected chi connectivity index (χ2v) is 7.70. The van der Waals surface area contributed by atoms with E-state index >= 15 is 0 Å². The van der Waals surface area contributed by atoms with Gasteiger partial charge in [-0.25, -0.2) is 0 Å². The number of rotatable bonds is 5. The van der Waals surface area contributed by atoms with Gasteiger partial charge in [0, 0.05) is 31.7 Å². The zero-order valence-electron chi connectivity index (χ0n) is 15.5. The van der Waals surface area contributed by atoms with E-state index in [0.29, 0.717) is 50.0 Å². The Bertz CT molecular complexity index is 958. The molecule has 3 heterocycles. The average molecular weight is 396 g/mol.